The van der Waals surface area contributed by atoms with Crippen LogP contribution in [0, 0.1) is 0 Å². The molecule has 6 nitrogen and oxygen atoms in total. The van der Waals surface area contributed by atoms with Crippen LogP contribution in [-0.4, -0.2) is 39.5 Å². The molecule has 0 aliphatic carbocycles. The minimum atomic E-state index is -4.26. The van der Waals surface area contributed by atoms with Crippen molar-refractivity contribution in [3.8, 4) is 0 Å². The van der Waals surface area contributed by atoms with Gasteiger partial charge in [-0.25, -0.2) is 0 Å². The average Bonchev–Trinajstić information content (AvgIpc) is 2.20. The van der Waals surface area contributed by atoms with Crippen LogP contribution < -0.4 is 5.73 Å². The summed E-state index contributed by atoms with van der Waals surface area (Å²) in [5, 5.41) is 0. The Morgan fingerprint density at radius 2 is 2.00 bits per heavy atom. The minimum absolute atomic E-state index is 0.237. The summed E-state index contributed by atoms with van der Waals surface area (Å²) in [6, 6.07) is 0. The lowest BCUT2D eigenvalue weighted by Crippen LogP contribution is -2.39. The normalized spacial score (nSPS) is 13.6. The molecule has 0 saturated carbocycles. The third-order valence-electron chi connectivity index (χ3n) is 2.37. The minimum Gasteiger partial charge on any atom is -0.330 e. The number of hydrogen-bond acceptors (Lipinski definition) is 3. The van der Waals surface area contributed by atoms with E-state index in [1.165, 1.54) is 4.90 Å². The van der Waals surface area contributed by atoms with Crippen molar-refractivity contribution in [2.45, 2.75) is 38.9 Å². The zero-order chi connectivity index (χ0) is 12.8. The van der Waals surface area contributed by atoms with Crippen LogP contribution in [0.1, 0.15) is 33.1 Å². The highest BCUT2D eigenvalue weighted by molar-refractivity contribution is 7.52. The predicted octanol–water partition coefficient (Wildman–Crippen LogP) is 0.488. The van der Waals surface area contributed by atoms with Gasteiger partial charge in [-0.2, -0.15) is 0 Å². The van der Waals surface area contributed by atoms with Gasteiger partial charge in [0, 0.05) is 13.0 Å². The second kappa shape index (κ2) is 7.01. The molecule has 0 rings (SSSR count). The first-order valence-electron chi connectivity index (χ1n) is 5.43. The molecule has 0 bridgehead atoms. The van der Waals surface area contributed by atoms with Gasteiger partial charge in [0.2, 0.25) is 5.91 Å². The summed E-state index contributed by atoms with van der Waals surface area (Å²) in [6.07, 6.45) is 1.01. The van der Waals surface area contributed by atoms with Crippen LogP contribution in [0.15, 0.2) is 0 Å². The van der Waals surface area contributed by atoms with Crippen molar-refractivity contribution < 1.29 is 19.1 Å². The SMILES string of the molecule is CCC(N(CC)C(=O)CCCN)P(=O)(O)O. The number of nitrogens with two attached hydrogens (primary N) is 1. The average molecular weight is 252 g/mol. The summed E-state index contributed by atoms with van der Waals surface area (Å²) >= 11 is 0. The zero-order valence-corrected chi connectivity index (χ0v) is 10.7. The monoisotopic (exact) mass is 252 g/mol. The first kappa shape index (κ1) is 15.6. The van der Waals surface area contributed by atoms with Gasteiger partial charge in [-0.3, -0.25) is 9.36 Å². The van der Waals surface area contributed by atoms with Crippen LogP contribution in [0.3, 0.4) is 0 Å². The van der Waals surface area contributed by atoms with E-state index in [9.17, 15) is 9.36 Å². The first-order chi connectivity index (χ1) is 7.38. The van der Waals surface area contributed by atoms with E-state index in [2.05, 4.69) is 0 Å². The van der Waals surface area contributed by atoms with Gasteiger partial charge in [0.15, 0.2) is 0 Å². The summed E-state index contributed by atoms with van der Waals surface area (Å²) in [4.78, 5) is 31.2. The van der Waals surface area contributed by atoms with Crippen molar-refractivity contribution in [1.82, 2.24) is 4.90 Å². The molecule has 1 atom stereocenters. The Bertz CT molecular complexity index is 266. The number of rotatable bonds is 7. The molecule has 0 aromatic heterocycles. The topological polar surface area (TPSA) is 104 Å². The molecular formula is C9H21N2O4P. The number of nitrogens with zero attached hydrogens (tertiary/aromatic N) is 1. The van der Waals surface area contributed by atoms with Crippen LogP contribution in [0.2, 0.25) is 0 Å². The maximum Gasteiger partial charge on any atom is 0.347 e. The van der Waals surface area contributed by atoms with E-state index >= 15 is 0 Å². The summed E-state index contributed by atoms with van der Waals surface area (Å²) in [5.74, 6) is -1.26. The van der Waals surface area contributed by atoms with Crippen LogP contribution in [0.5, 0.6) is 0 Å². The molecule has 0 saturated heterocycles. The van der Waals surface area contributed by atoms with Gasteiger partial charge in [0.1, 0.15) is 5.78 Å². The fourth-order valence-electron chi connectivity index (χ4n) is 1.59. The van der Waals surface area contributed by atoms with Gasteiger partial charge in [0.05, 0.1) is 0 Å². The maximum atomic E-state index is 11.7. The Balaban J connectivity index is 4.68. The zero-order valence-electron chi connectivity index (χ0n) is 9.80. The lowest BCUT2D eigenvalue weighted by Gasteiger charge is -2.30. The smallest absolute Gasteiger partial charge is 0.330 e. The molecule has 96 valence electrons. The molecule has 0 radical (unpaired) electrons. The van der Waals surface area contributed by atoms with Crippen LogP contribution in [0.4, 0.5) is 0 Å². The standard InChI is InChI=1S/C9H21N2O4P/c1-3-9(16(13,14)15)11(4-2)8(12)6-5-7-10/h9H,3-7,10H2,1-2H3,(H2,13,14,15). The molecule has 4 N–H and O–H groups in total. The molecule has 0 spiro atoms. The van der Waals surface area contributed by atoms with Gasteiger partial charge in [-0.1, -0.05) is 6.92 Å². The van der Waals surface area contributed by atoms with Crippen LogP contribution in [0.25, 0.3) is 0 Å². The molecule has 16 heavy (non-hydrogen) atoms. The van der Waals surface area contributed by atoms with Crippen molar-refractivity contribution in [3.63, 3.8) is 0 Å². The van der Waals surface area contributed by atoms with Crippen molar-refractivity contribution >= 4 is 13.5 Å². The Kier molecular flexibility index (Phi) is 6.83. The molecule has 1 unspecified atom stereocenters. The Hall–Kier alpha value is -0.420. The first-order valence-corrected chi connectivity index (χ1v) is 7.11. The van der Waals surface area contributed by atoms with Crippen molar-refractivity contribution in [2.24, 2.45) is 5.73 Å². The van der Waals surface area contributed by atoms with Gasteiger partial charge >= 0.3 is 7.60 Å². The third kappa shape index (κ3) is 4.61. The molecule has 0 aliphatic heterocycles. The van der Waals surface area contributed by atoms with E-state index in [1.54, 1.807) is 13.8 Å². The number of carbonyl (C=O) groups excluding carboxylic acids is 1. The molecule has 7 heteroatoms. The van der Waals surface area contributed by atoms with Crippen molar-refractivity contribution in [2.75, 3.05) is 13.1 Å². The molecular weight excluding hydrogens is 231 g/mol. The highest BCUT2D eigenvalue weighted by Crippen LogP contribution is 2.44. The number of amides is 1. The molecule has 0 fully saturated rings. The quantitative estimate of drug-likeness (QED) is 0.572. The van der Waals surface area contributed by atoms with E-state index < -0.39 is 13.4 Å². The summed E-state index contributed by atoms with van der Waals surface area (Å²) in [5.41, 5.74) is 5.29. The Morgan fingerprint density at radius 3 is 2.31 bits per heavy atom. The third-order valence-corrected chi connectivity index (χ3v) is 3.79. The van der Waals surface area contributed by atoms with Crippen LogP contribution >= 0.6 is 7.60 Å². The summed E-state index contributed by atoms with van der Waals surface area (Å²) in [7, 11) is -4.26. The summed E-state index contributed by atoms with van der Waals surface area (Å²) in [6.45, 7) is 4.06. The van der Waals surface area contributed by atoms with E-state index in [0.29, 0.717) is 19.5 Å². The van der Waals surface area contributed by atoms with Gasteiger partial charge in [-0.05, 0) is 26.3 Å². The van der Waals surface area contributed by atoms with E-state index in [0.717, 1.165) is 0 Å². The summed E-state index contributed by atoms with van der Waals surface area (Å²) < 4.78 is 11.2. The lowest BCUT2D eigenvalue weighted by atomic mass is 10.2. The van der Waals surface area contributed by atoms with Crippen molar-refractivity contribution in [1.29, 1.82) is 0 Å². The Labute approximate surface area is 96.0 Å². The highest BCUT2D eigenvalue weighted by Gasteiger charge is 2.34. The second-order valence-electron chi connectivity index (χ2n) is 3.55. The van der Waals surface area contributed by atoms with Gasteiger partial charge < -0.3 is 20.4 Å². The van der Waals surface area contributed by atoms with E-state index in [4.69, 9.17) is 15.5 Å². The van der Waals surface area contributed by atoms with Crippen molar-refractivity contribution in [3.05, 3.63) is 0 Å². The fraction of sp³-hybridized carbons (Fsp3) is 0.889. The molecule has 0 heterocycles. The Morgan fingerprint density at radius 1 is 1.44 bits per heavy atom. The lowest BCUT2D eigenvalue weighted by molar-refractivity contribution is -0.132. The van der Waals surface area contributed by atoms with Gasteiger partial charge in [-0.15, -0.1) is 0 Å². The molecule has 0 aromatic carbocycles. The number of carbonyl (C=O) groups is 1. The van der Waals surface area contributed by atoms with Gasteiger partial charge in [0.25, 0.3) is 0 Å². The largest absolute Gasteiger partial charge is 0.347 e. The highest BCUT2D eigenvalue weighted by atomic mass is 31.2. The molecule has 0 aromatic rings. The van der Waals surface area contributed by atoms with E-state index in [1.807, 2.05) is 0 Å². The molecule has 1 amide bonds. The predicted molar refractivity (Wildman–Crippen MR) is 61.8 cm³/mol. The number of hydrogen-bond donors (Lipinski definition) is 3. The van der Waals surface area contributed by atoms with E-state index in [-0.39, 0.29) is 18.7 Å². The van der Waals surface area contributed by atoms with Crippen LogP contribution in [-0.2, 0) is 9.36 Å². The molecule has 0 aliphatic rings. The fourth-order valence-corrected chi connectivity index (χ4v) is 2.72. The maximum absolute atomic E-state index is 11.7. The second-order valence-corrected chi connectivity index (χ2v) is 5.32.